The monoisotopic (exact) mass is 203 g/mol. The largest absolute Gasteiger partial charge is 0.295 e. The van der Waals surface area contributed by atoms with Gasteiger partial charge in [0.2, 0.25) is 0 Å². The van der Waals surface area contributed by atoms with E-state index in [1.54, 1.807) is 5.56 Å². The molecule has 0 bridgehead atoms. The van der Waals surface area contributed by atoms with Gasteiger partial charge in [-0.2, -0.15) is 0 Å². The molecule has 0 amide bonds. The summed E-state index contributed by atoms with van der Waals surface area (Å²) in [5, 5.41) is 0. The van der Waals surface area contributed by atoms with Gasteiger partial charge < -0.3 is 0 Å². The quantitative estimate of drug-likeness (QED) is 0.677. The molecule has 1 aliphatic heterocycles. The highest BCUT2D eigenvalue weighted by Crippen LogP contribution is 2.32. The Labute approximate surface area is 93.1 Å². The van der Waals surface area contributed by atoms with Crippen molar-refractivity contribution < 1.29 is 0 Å². The minimum atomic E-state index is 0.273. The third kappa shape index (κ3) is 1.93. The zero-order chi connectivity index (χ0) is 11.1. The summed E-state index contributed by atoms with van der Waals surface area (Å²) >= 11 is 0. The van der Waals surface area contributed by atoms with Crippen LogP contribution >= 0.6 is 0 Å². The fourth-order valence-corrected chi connectivity index (χ4v) is 2.42. The van der Waals surface area contributed by atoms with Crippen LogP contribution in [0, 0.1) is 0 Å². The smallest absolute Gasteiger partial charge is 0.0243 e. The molecule has 0 fully saturated rings. The average Bonchev–Trinajstić information content (AvgIpc) is 2.57. The number of hydrogen-bond donors (Lipinski definition) is 0. The van der Waals surface area contributed by atoms with E-state index in [0.717, 1.165) is 19.6 Å². The minimum Gasteiger partial charge on any atom is -0.295 e. The molecule has 0 unspecified atom stereocenters. The molecule has 0 saturated heterocycles. The van der Waals surface area contributed by atoms with Crippen LogP contribution in [0.2, 0.25) is 0 Å². The van der Waals surface area contributed by atoms with E-state index in [2.05, 4.69) is 50.8 Å². The average molecular weight is 203 g/mol. The molecule has 1 nitrogen and oxygen atoms in total. The van der Waals surface area contributed by atoms with Gasteiger partial charge in [-0.15, -0.1) is 0 Å². The van der Waals surface area contributed by atoms with Crippen molar-refractivity contribution >= 4 is 0 Å². The molecule has 0 aliphatic carbocycles. The van der Waals surface area contributed by atoms with E-state index in [4.69, 9.17) is 0 Å². The van der Waals surface area contributed by atoms with Crippen LogP contribution in [0.15, 0.2) is 18.2 Å². The first-order valence-corrected chi connectivity index (χ1v) is 5.86. The Hall–Kier alpha value is -0.820. The molecule has 82 valence electrons. The predicted octanol–water partition coefficient (Wildman–Crippen LogP) is 3.32. The van der Waals surface area contributed by atoms with Gasteiger partial charge in [0.25, 0.3) is 0 Å². The lowest BCUT2D eigenvalue weighted by Gasteiger charge is -2.22. The lowest BCUT2D eigenvalue weighted by atomic mass is 9.83. The molecular weight excluding hydrogens is 182 g/mol. The summed E-state index contributed by atoms with van der Waals surface area (Å²) in [7, 11) is 0. The maximum Gasteiger partial charge on any atom is 0.0243 e. The van der Waals surface area contributed by atoms with E-state index in [1.807, 2.05) is 0 Å². The fourth-order valence-electron chi connectivity index (χ4n) is 2.42. The van der Waals surface area contributed by atoms with Crippen molar-refractivity contribution in [3.8, 4) is 0 Å². The summed E-state index contributed by atoms with van der Waals surface area (Å²) in [6, 6.07) is 6.77. The third-order valence-corrected chi connectivity index (χ3v) is 3.30. The molecule has 1 aliphatic rings. The van der Waals surface area contributed by atoms with Crippen LogP contribution < -0.4 is 0 Å². The molecule has 1 aromatic rings. The molecule has 1 aromatic carbocycles. The number of hydrogen-bond acceptors (Lipinski definition) is 1. The Morgan fingerprint density at radius 2 is 1.93 bits per heavy atom. The summed E-state index contributed by atoms with van der Waals surface area (Å²) < 4.78 is 0. The molecule has 2 rings (SSSR count). The van der Waals surface area contributed by atoms with Crippen LogP contribution in [0.1, 0.15) is 44.4 Å². The Morgan fingerprint density at radius 1 is 1.20 bits per heavy atom. The molecule has 0 atom stereocenters. The maximum absolute atomic E-state index is 2.50. The first-order chi connectivity index (χ1) is 7.02. The van der Waals surface area contributed by atoms with Gasteiger partial charge in [-0.3, -0.25) is 4.90 Å². The van der Waals surface area contributed by atoms with E-state index in [9.17, 15) is 0 Å². The topological polar surface area (TPSA) is 3.24 Å². The Morgan fingerprint density at radius 3 is 2.53 bits per heavy atom. The highest BCUT2D eigenvalue weighted by molar-refractivity contribution is 5.41. The van der Waals surface area contributed by atoms with Crippen LogP contribution in [0.25, 0.3) is 0 Å². The second kappa shape index (κ2) is 3.64. The molecule has 0 N–H and O–H groups in total. The van der Waals surface area contributed by atoms with Crippen molar-refractivity contribution in [3.05, 3.63) is 34.9 Å². The lowest BCUT2D eigenvalue weighted by molar-refractivity contribution is 0.299. The third-order valence-electron chi connectivity index (χ3n) is 3.30. The van der Waals surface area contributed by atoms with Crippen LogP contribution in [0.3, 0.4) is 0 Å². The standard InChI is InChI=1S/C14H21N/c1-5-15-9-11-7-6-8-13(12(11)10-15)14(2,3)4/h6-8H,5,9-10H2,1-4H3. The van der Waals surface area contributed by atoms with Crippen molar-refractivity contribution in [3.63, 3.8) is 0 Å². The Bertz CT molecular complexity index is 360. The van der Waals surface area contributed by atoms with E-state index >= 15 is 0 Å². The maximum atomic E-state index is 2.50. The second-order valence-corrected chi connectivity index (χ2v) is 5.50. The van der Waals surface area contributed by atoms with E-state index in [1.165, 1.54) is 11.1 Å². The molecule has 0 spiro atoms. The molecular formula is C14H21N. The van der Waals surface area contributed by atoms with Crippen LogP contribution in [0.4, 0.5) is 0 Å². The summed E-state index contributed by atoms with van der Waals surface area (Å²) in [6.45, 7) is 12.6. The van der Waals surface area contributed by atoms with Gasteiger partial charge in [0, 0.05) is 13.1 Å². The van der Waals surface area contributed by atoms with Crippen molar-refractivity contribution in [1.82, 2.24) is 4.90 Å². The Balaban J connectivity index is 2.42. The second-order valence-electron chi connectivity index (χ2n) is 5.50. The first kappa shape index (κ1) is 10.7. The molecule has 0 radical (unpaired) electrons. The molecule has 1 heteroatoms. The van der Waals surface area contributed by atoms with Gasteiger partial charge in [-0.1, -0.05) is 45.9 Å². The van der Waals surface area contributed by atoms with Crippen molar-refractivity contribution in [1.29, 1.82) is 0 Å². The normalized spacial score (nSPS) is 16.8. The predicted molar refractivity (Wildman–Crippen MR) is 64.9 cm³/mol. The van der Waals surface area contributed by atoms with Gasteiger partial charge >= 0.3 is 0 Å². The lowest BCUT2D eigenvalue weighted by Crippen LogP contribution is -2.17. The summed E-state index contributed by atoms with van der Waals surface area (Å²) in [5.41, 5.74) is 4.90. The zero-order valence-corrected chi connectivity index (χ0v) is 10.3. The molecule has 0 saturated carbocycles. The van der Waals surface area contributed by atoms with Crippen LogP contribution in [0.5, 0.6) is 0 Å². The summed E-state index contributed by atoms with van der Waals surface area (Å²) in [4.78, 5) is 2.50. The number of benzene rings is 1. The molecule has 0 aromatic heterocycles. The fraction of sp³-hybridized carbons (Fsp3) is 0.571. The highest BCUT2D eigenvalue weighted by atomic mass is 15.1. The van der Waals surface area contributed by atoms with E-state index in [-0.39, 0.29) is 5.41 Å². The van der Waals surface area contributed by atoms with Gasteiger partial charge in [0.15, 0.2) is 0 Å². The van der Waals surface area contributed by atoms with Gasteiger partial charge in [-0.05, 0) is 28.7 Å². The highest BCUT2D eigenvalue weighted by Gasteiger charge is 2.25. The number of fused-ring (bicyclic) bond motifs is 1. The van der Waals surface area contributed by atoms with Crippen molar-refractivity contribution in [2.24, 2.45) is 0 Å². The SMILES string of the molecule is CCN1Cc2cccc(C(C)(C)C)c2C1. The summed E-state index contributed by atoms with van der Waals surface area (Å²) in [6.07, 6.45) is 0. The number of nitrogens with zero attached hydrogens (tertiary/aromatic N) is 1. The molecule has 15 heavy (non-hydrogen) atoms. The van der Waals surface area contributed by atoms with E-state index < -0.39 is 0 Å². The van der Waals surface area contributed by atoms with Gasteiger partial charge in [-0.25, -0.2) is 0 Å². The van der Waals surface area contributed by atoms with Crippen molar-refractivity contribution in [2.75, 3.05) is 6.54 Å². The van der Waals surface area contributed by atoms with E-state index in [0.29, 0.717) is 0 Å². The van der Waals surface area contributed by atoms with Crippen molar-refractivity contribution in [2.45, 2.75) is 46.2 Å². The van der Waals surface area contributed by atoms with Gasteiger partial charge in [0.1, 0.15) is 0 Å². The minimum absolute atomic E-state index is 0.273. The first-order valence-electron chi connectivity index (χ1n) is 5.86. The molecule has 1 heterocycles. The summed E-state index contributed by atoms with van der Waals surface area (Å²) in [5.74, 6) is 0. The van der Waals surface area contributed by atoms with Crippen LogP contribution in [-0.2, 0) is 18.5 Å². The van der Waals surface area contributed by atoms with Crippen LogP contribution in [-0.4, -0.2) is 11.4 Å². The Kier molecular flexibility index (Phi) is 2.59. The van der Waals surface area contributed by atoms with Gasteiger partial charge in [0.05, 0.1) is 0 Å². The number of rotatable bonds is 1. The zero-order valence-electron chi connectivity index (χ0n) is 10.3.